The quantitative estimate of drug-likeness (QED) is 0.692. The van der Waals surface area contributed by atoms with E-state index in [0.717, 1.165) is 23.8 Å². The van der Waals surface area contributed by atoms with Crippen LogP contribution in [0.2, 0.25) is 0 Å². The minimum absolute atomic E-state index is 0.418. The van der Waals surface area contributed by atoms with E-state index in [2.05, 4.69) is 11.6 Å². The zero-order valence-corrected chi connectivity index (χ0v) is 11.5. The number of aliphatic hydroxyl groups excluding tert-OH is 1. The maximum absolute atomic E-state index is 9.77. The van der Waals surface area contributed by atoms with Gasteiger partial charge in [0.2, 0.25) is 0 Å². The van der Waals surface area contributed by atoms with Crippen molar-refractivity contribution in [3.05, 3.63) is 23.1 Å². The molecule has 0 aromatic heterocycles. The third kappa shape index (κ3) is 6.69. The Labute approximate surface area is 109 Å². The van der Waals surface area contributed by atoms with Crippen molar-refractivity contribution in [2.45, 2.75) is 51.6 Å². The summed E-state index contributed by atoms with van der Waals surface area (Å²) in [6.45, 7) is 5.76. The number of aliphatic imine (C=N–C) groups is 1. The van der Waals surface area contributed by atoms with Gasteiger partial charge in [-0.05, 0) is 31.1 Å². The predicted molar refractivity (Wildman–Crippen MR) is 77.2 cm³/mol. The van der Waals surface area contributed by atoms with E-state index >= 15 is 0 Å². The van der Waals surface area contributed by atoms with Crippen molar-refractivity contribution >= 4 is 18.0 Å². The Bertz CT molecular complexity index is 280. The molecule has 1 N–H and O–H groups in total. The van der Waals surface area contributed by atoms with Crippen molar-refractivity contribution in [1.82, 2.24) is 0 Å². The summed E-state index contributed by atoms with van der Waals surface area (Å²) < 4.78 is 0. The zero-order valence-electron chi connectivity index (χ0n) is 10.6. The zero-order chi connectivity index (χ0) is 12.5. The molecule has 3 heteroatoms. The van der Waals surface area contributed by atoms with Crippen molar-refractivity contribution in [3.63, 3.8) is 0 Å². The van der Waals surface area contributed by atoms with E-state index in [-0.39, 0.29) is 0 Å². The fourth-order valence-corrected chi connectivity index (χ4v) is 2.54. The van der Waals surface area contributed by atoms with Gasteiger partial charge in [0, 0.05) is 6.21 Å². The standard InChI is InChI=1S/C14H23NOS/c1-3-10-17-12(2)15-11-14(16)9-8-13-6-4-5-7-13/h3,10-11,13-14,16H,2,4-9H2,1H3/b10-3-,15-11+. The van der Waals surface area contributed by atoms with E-state index in [1.807, 2.05) is 18.4 Å². The lowest BCUT2D eigenvalue weighted by atomic mass is 10.00. The molecular formula is C14H23NOS. The lowest BCUT2D eigenvalue weighted by molar-refractivity contribution is 0.222. The van der Waals surface area contributed by atoms with Crippen molar-refractivity contribution in [2.24, 2.45) is 10.9 Å². The molecule has 2 nitrogen and oxygen atoms in total. The number of thioether (sulfide) groups is 1. The molecular weight excluding hydrogens is 230 g/mol. The Kier molecular flexibility index (Phi) is 7.29. The van der Waals surface area contributed by atoms with E-state index in [0.29, 0.717) is 0 Å². The van der Waals surface area contributed by atoms with Gasteiger partial charge in [0.05, 0.1) is 11.1 Å². The van der Waals surface area contributed by atoms with Crippen LogP contribution in [-0.2, 0) is 0 Å². The topological polar surface area (TPSA) is 32.6 Å². The molecule has 1 rings (SSSR count). The third-order valence-corrected chi connectivity index (χ3v) is 3.86. The fourth-order valence-electron chi connectivity index (χ4n) is 2.13. The van der Waals surface area contributed by atoms with E-state index in [1.54, 1.807) is 6.21 Å². The van der Waals surface area contributed by atoms with Gasteiger partial charge in [0.15, 0.2) is 0 Å². The number of rotatable bonds is 7. The first-order valence-electron chi connectivity index (χ1n) is 6.41. The number of aliphatic hydroxyl groups is 1. The summed E-state index contributed by atoms with van der Waals surface area (Å²) in [6, 6.07) is 0. The number of hydrogen-bond donors (Lipinski definition) is 1. The van der Waals surface area contributed by atoms with E-state index in [9.17, 15) is 5.11 Å². The lowest BCUT2D eigenvalue weighted by Crippen LogP contribution is -2.10. The summed E-state index contributed by atoms with van der Waals surface area (Å²) in [4.78, 5) is 4.15. The lowest BCUT2D eigenvalue weighted by Gasteiger charge is -2.10. The van der Waals surface area contributed by atoms with Gasteiger partial charge in [-0.15, -0.1) is 0 Å². The summed E-state index contributed by atoms with van der Waals surface area (Å²) in [6.07, 6.45) is 10.5. The minimum atomic E-state index is -0.418. The van der Waals surface area contributed by atoms with Crippen LogP contribution in [0.4, 0.5) is 0 Å². The molecule has 1 aliphatic carbocycles. The smallest absolute Gasteiger partial charge is 0.0926 e. The fraction of sp³-hybridized carbons (Fsp3) is 0.643. The van der Waals surface area contributed by atoms with Crippen LogP contribution in [0.3, 0.4) is 0 Å². The van der Waals surface area contributed by atoms with E-state index in [1.165, 1.54) is 37.4 Å². The molecule has 1 unspecified atom stereocenters. The maximum Gasteiger partial charge on any atom is 0.0926 e. The van der Waals surface area contributed by atoms with Crippen LogP contribution in [0, 0.1) is 5.92 Å². The molecule has 96 valence electrons. The number of nitrogens with zero attached hydrogens (tertiary/aromatic N) is 1. The van der Waals surface area contributed by atoms with Crippen LogP contribution in [0.25, 0.3) is 0 Å². The molecule has 1 fully saturated rings. The van der Waals surface area contributed by atoms with Gasteiger partial charge in [0.1, 0.15) is 0 Å². The van der Waals surface area contributed by atoms with Gasteiger partial charge in [0.25, 0.3) is 0 Å². The Hall–Kier alpha value is -0.540. The summed E-state index contributed by atoms with van der Waals surface area (Å²) >= 11 is 1.48. The molecule has 0 radical (unpaired) electrons. The summed E-state index contributed by atoms with van der Waals surface area (Å²) in [5.41, 5.74) is 0. The molecule has 1 aliphatic rings. The van der Waals surface area contributed by atoms with Crippen LogP contribution in [0.15, 0.2) is 28.1 Å². The monoisotopic (exact) mass is 253 g/mol. The summed E-state index contributed by atoms with van der Waals surface area (Å²) in [5.74, 6) is 0.832. The number of allylic oxidation sites excluding steroid dienone is 1. The molecule has 0 saturated heterocycles. The molecule has 17 heavy (non-hydrogen) atoms. The highest BCUT2D eigenvalue weighted by molar-refractivity contribution is 8.05. The first kappa shape index (κ1) is 14.5. The molecule has 0 bridgehead atoms. The second kappa shape index (κ2) is 8.54. The minimum Gasteiger partial charge on any atom is -0.387 e. The molecule has 0 aromatic rings. The second-order valence-corrected chi connectivity index (χ2v) is 5.53. The average molecular weight is 253 g/mol. The van der Waals surface area contributed by atoms with Crippen molar-refractivity contribution in [1.29, 1.82) is 0 Å². The second-order valence-electron chi connectivity index (χ2n) is 4.55. The summed E-state index contributed by atoms with van der Waals surface area (Å²) in [5, 5.41) is 12.4. The predicted octanol–water partition coefficient (Wildman–Crippen LogP) is 4.13. The Balaban J connectivity index is 2.16. The van der Waals surface area contributed by atoms with Crippen LogP contribution in [-0.4, -0.2) is 17.4 Å². The first-order chi connectivity index (χ1) is 8.22. The molecule has 0 spiro atoms. The maximum atomic E-state index is 9.77. The van der Waals surface area contributed by atoms with Gasteiger partial charge in [-0.3, -0.25) is 4.99 Å². The van der Waals surface area contributed by atoms with Gasteiger partial charge >= 0.3 is 0 Å². The van der Waals surface area contributed by atoms with E-state index in [4.69, 9.17) is 0 Å². The molecule has 0 heterocycles. The van der Waals surface area contributed by atoms with Crippen molar-refractivity contribution in [3.8, 4) is 0 Å². The summed E-state index contributed by atoms with van der Waals surface area (Å²) in [7, 11) is 0. The normalized spacial score (nSPS) is 19.4. The van der Waals surface area contributed by atoms with Gasteiger partial charge in [-0.1, -0.05) is 50.1 Å². The molecule has 0 aromatic carbocycles. The highest BCUT2D eigenvalue weighted by Crippen LogP contribution is 2.28. The Morgan fingerprint density at radius 1 is 1.53 bits per heavy atom. The van der Waals surface area contributed by atoms with Crippen LogP contribution in [0.5, 0.6) is 0 Å². The Morgan fingerprint density at radius 3 is 2.88 bits per heavy atom. The molecule has 0 aliphatic heterocycles. The van der Waals surface area contributed by atoms with Gasteiger partial charge in [-0.2, -0.15) is 0 Å². The highest BCUT2D eigenvalue weighted by Gasteiger charge is 2.15. The van der Waals surface area contributed by atoms with Crippen LogP contribution in [0.1, 0.15) is 45.4 Å². The SMILES string of the molecule is C=C(/N=C/C(O)CCC1CCCC1)S/C=C\C. The largest absolute Gasteiger partial charge is 0.387 e. The molecule has 1 atom stereocenters. The molecule has 0 amide bonds. The van der Waals surface area contributed by atoms with Gasteiger partial charge < -0.3 is 5.11 Å². The molecule has 1 saturated carbocycles. The third-order valence-electron chi connectivity index (χ3n) is 3.08. The van der Waals surface area contributed by atoms with Crippen molar-refractivity contribution < 1.29 is 5.11 Å². The average Bonchev–Trinajstić information content (AvgIpc) is 2.84. The van der Waals surface area contributed by atoms with Crippen molar-refractivity contribution in [2.75, 3.05) is 0 Å². The first-order valence-corrected chi connectivity index (χ1v) is 7.29. The van der Waals surface area contributed by atoms with Crippen LogP contribution >= 0.6 is 11.8 Å². The van der Waals surface area contributed by atoms with E-state index < -0.39 is 6.10 Å². The van der Waals surface area contributed by atoms with Crippen LogP contribution < -0.4 is 0 Å². The highest BCUT2D eigenvalue weighted by atomic mass is 32.2. The Morgan fingerprint density at radius 2 is 2.24 bits per heavy atom. The number of hydrogen-bond acceptors (Lipinski definition) is 3. The van der Waals surface area contributed by atoms with Gasteiger partial charge in [-0.25, -0.2) is 0 Å².